The summed E-state index contributed by atoms with van der Waals surface area (Å²) in [4.78, 5) is 14.2. The van der Waals surface area contributed by atoms with Crippen LogP contribution in [0.15, 0.2) is 18.2 Å². The molecule has 1 saturated heterocycles. The van der Waals surface area contributed by atoms with Gasteiger partial charge in [-0.2, -0.15) is 0 Å². The summed E-state index contributed by atoms with van der Waals surface area (Å²) in [5.41, 5.74) is 8.15. The van der Waals surface area contributed by atoms with E-state index in [1.54, 1.807) is 12.1 Å². The van der Waals surface area contributed by atoms with E-state index >= 15 is 0 Å². The number of hydrogen-bond donors (Lipinski definition) is 1. The second-order valence-corrected chi connectivity index (χ2v) is 5.27. The van der Waals surface area contributed by atoms with Gasteiger partial charge in [0.05, 0.1) is 24.0 Å². The van der Waals surface area contributed by atoms with E-state index in [0.29, 0.717) is 23.3 Å². The van der Waals surface area contributed by atoms with Crippen LogP contribution in [0.2, 0.25) is 0 Å². The molecule has 1 aromatic rings. The number of methoxy groups -OCH3 is 1. The molecule has 4 nitrogen and oxygen atoms in total. The van der Waals surface area contributed by atoms with Crippen LogP contribution < -0.4 is 10.6 Å². The van der Waals surface area contributed by atoms with Gasteiger partial charge in [0.1, 0.15) is 0 Å². The summed E-state index contributed by atoms with van der Waals surface area (Å²) >= 11 is 0. The highest BCUT2D eigenvalue weighted by Crippen LogP contribution is 2.36. The zero-order valence-electron chi connectivity index (χ0n) is 11.8. The van der Waals surface area contributed by atoms with Gasteiger partial charge >= 0.3 is 5.97 Å². The summed E-state index contributed by atoms with van der Waals surface area (Å²) in [7, 11) is 1.40. The SMILES string of the molecule is COC(=O)c1cccc(N)c1N1[C@H](C)CCC[C@@H]1C. The van der Waals surface area contributed by atoms with Crippen LogP contribution in [0.25, 0.3) is 0 Å². The highest BCUT2D eigenvalue weighted by Gasteiger charge is 2.29. The molecule has 104 valence electrons. The van der Waals surface area contributed by atoms with Gasteiger partial charge < -0.3 is 15.4 Å². The van der Waals surface area contributed by atoms with Crippen LogP contribution >= 0.6 is 0 Å². The first kappa shape index (κ1) is 13.7. The molecule has 0 radical (unpaired) electrons. The number of carbonyl (C=O) groups excluding carboxylic acids is 1. The highest BCUT2D eigenvalue weighted by molar-refractivity contribution is 5.99. The molecule has 0 aliphatic carbocycles. The van der Waals surface area contributed by atoms with Crippen LogP contribution in [-0.2, 0) is 4.74 Å². The molecule has 2 rings (SSSR count). The number of hydrogen-bond acceptors (Lipinski definition) is 4. The van der Waals surface area contributed by atoms with Crippen molar-refractivity contribution in [3.8, 4) is 0 Å². The average Bonchev–Trinajstić information content (AvgIpc) is 2.39. The lowest BCUT2D eigenvalue weighted by atomic mass is 9.95. The van der Waals surface area contributed by atoms with E-state index in [1.165, 1.54) is 13.5 Å². The molecular formula is C15H22N2O2. The molecule has 1 aliphatic rings. The number of piperidine rings is 1. The maximum atomic E-state index is 11.9. The number of nitrogens with zero attached hydrogens (tertiary/aromatic N) is 1. The Labute approximate surface area is 114 Å². The van der Waals surface area contributed by atoms with E-state index in [2.05, 4.69) is 18.7 Å². The predicted molar refractivity (Wildman–Crippen MR) is 77.4 cm³/mol. The summed E-state index contributed by atoms with van der Waals surface area (Å²) in [5.74, 6) is -0.327. The average molecular weight is 262 g/mol. The lowest BCUT2D eigenvalue weighted by Gasteiger charge is -2.42. The molecule has 1 heterocycles. The van der Waals surface area contributed by atoms with Crippen molar-refractivity contribution in [3.63, 3.8) is 0 Å². The third-order valence-electron chi connectivity index (χ3n) is 3.92. The molecule has 2 atom stereocenters. The van der Waals surface area contributed by atoms with Gasteiger partial charge in [-0.1, -0.05) is 6.07 Å². The van der Waals surface area contributed by atoms with Gasteiger partial charge in [0.15, 0.2) is 0 Å². The Balaban J connectivity index is 2.50. The van der Waals surface area contributed by atoms with Crippen LogP contribution in [-0.4, -0.2) is 25.2 Å². The second kappa shape index (κ2) is 5.51. The minimum atomic E-state index is -0.327. The monoisotopic (exact) mass is 262 g/mol. The minimum Gasteiger partial charge on any atom is -0.465 e. The zero-order valence-corrected chi connectivity index (χ0v) is 11.8. The van der Waals surface area contributed by atoms with Crippen molar-refractivity contribution < 1.29 is 9.53 Å². The fourth-order valence-electron chi connectivity index (χ4n) is 2.99. The summed E-state index contributed by atoms with van der Waals surface area (Å²) in [6.07, 6.45) is 3.47. The van der Waals surface area contributed by atoms with Gasteiger partial charge in [0, 0.05) is 12.1 Å². The van der Waals surface area contributed by atoms with Crippen LogP contribution in [0.1, 0.15) is 43.5 Å². The van der Waals surface area contributed by atoms with Gasteiger partial charge in [-0.3, -0.25) is 0 Å². The lowest BCUT2D eigenvalue weighted by molar-refractivity contribution is 0.0601. The van der Waals surface area contributed by atoms with Gasteiger partial charge in [0.2, 0.25) is 0 Å². The standard InChI is InChI=1S/C15H22N2O2/c1-10-6-4-7-11(2)17(10)14-12(15(18)19-3)8-5-9-13(14)16/h5,8-11H,4,6-7,16H2,1-3H3/t10-,11+. The van der Waals surface area contributed by atoms with Crippen molar-refractivity contribution in [2.24, 2.45) is 0 Å². The molecule has 1 aromatic carbocycles. The molecule has 19 heavy (non-hydrogen) atoms. The first-order valence-corrected chi connectivity index (χ1v) is 6.81. The third kappa shape index (κ3) is 2.53. The Morgan fingerprint density at radius 3 is 2.53 bits per heavy atom. The van der Waals surface area contributed by atoms with E-state index in [9.17, 15) is 4.79 Å². The Morgan fingerprint density at radius 1 is 1.32 bits per heavy atom. The molecule has 0 amide bonds. The van der Waals surface area contributed by atoms with Crippen molar-refractivity contribution in [2.45, 2.75) is 45.2 Å². The molecule has 4 heteroatoms. The molecule has 2 N–H and O–H groups in total. The van der Waals surface area contributed by atoms with Crippen LogP contribution in [0, 0.1) is 0 Å². The molecule has 0 aromatic heterocycles. The second-order valence-electron chi connectivity index (χ2n) is 5.27. The third-order valence-corrected chi connectivity index (χ3v) is 3.92. The number of rotatable bonds is 2. The van der Waals surface area contributed by atoms with Crippen molar-refractivity contribution >= 4 is 17.3 Å². The number of nitrogen functional groups attached to an aromatic ring is 1. The molecule has 0 saturated carbocycles. The summed E-state index contributed by atoms with van der Waals surface area (Å²) in [6.45, 7) is 4.37. The number of benzene rings is 1. The van der Waals surface area contributed by atoms with Gasteiger partial charge in [0.25, 0.3) is 0 Å². The zero-order chi connectivity index (χ0) is 14.0. The van der Waals surface area contributed by atoms with Gasteiger partial charge in [-0.15, -0.1) is 0 Å². The van der Waals surface area contributed by atoms with E-state index in [1.807, 2.05) is 6.07 Å². The molecular weight excluding hydrogens is 240 g/mol. The van der Waals surface area contributed by atoms with E-state index in [4.69, 9.17) is 10.5 Å². The van der Waals surface area contributed by atoms with Gasteiger partial charge in [-0.25, -0.2) is 4.79 Å². The predicted octanol–water partition coefficient (Wildman–Crippen LogP) is 2.82. The Kier molecular flexibility index (Phi) is 3.98. The largest absolute Gasteiger partial charge is 0.465 e. The van der Waals surface area contributed by atoms with Crippen LogP contribution in [0.3, 0.4) is 0 Å². The van der Waals surface area contributed by atoms with E-state index in [-0.39, 0.29) is 5.97 Å². The molecule has 0 unspecified atom stereocenters. The number of para-hydroxylation sites is 1. The molecule has 0 bridgehead atoms. The summed E-state index contributed by atoms with van der Waals surface area (Å²) < 4.78 is 4.87. The Hall–Kier alpha value is -1.71. The molecule has 1 aliphatic heterocycles. The van der Waals surface area contributed by atoms with Crippen molar-refractivity contribution in [2.75, 3.05) is 17.7 Å². The van der Waals surface area contributed by atoms with E-state index in [0.717, 1.165) is 18.5 Å². The number of nitrogens with two attached hydrogens (primary N) is 1. The van der Waals surface area contributed by atoms with E-state index < -0.39 is 0 Å². The first-order valence-electron chi connectivity index (χ1n) is 6.81. The maximum absolute atomic E-state index is 11.9. The molecule has 0 spiro atoms. The minimum absolute atomic E-state index is 0.327. The van der Waals surface area contributed by atoms with Crippen molar-refractivity contribution in [3.05, 3.63) is 23.8 Å². The Morgan fingerprint density at radius 2 is 1.95 bits per heavy atom. The topological polar surface area (TPSA) is 55.6 Å². The van der Waals surface area contributed by atoms with Crippen molar-refractivity contribution in [1.82, 2.24) is 0 Å². The fraction of sp³-hybridized carbons (Fsp3) is 0.533. The maximum Gasteiger partial charge on any atom is 0.340 e. The number of carbonyl (C=O) groups is 1. The molecule has 1 fully saturated rings. The van der Waals surface area contributed by atoms with Crippen molar-refractivity contribution in [1.29, 1.82) is 0 Å². The first-order chi connectivity index (χ1) is 9.06. The summed E-state index contributed by atoms with van der Waals surface area (Å²) in [6, 6.07) is 6.19. The summed E-state index contributed by atoms with van der Waals surface area (Å²) in [5, 5.41) is 0. The lowest BCUT2D eigenvalue weighted by Crippen LogP contribution is -2.45. The normalized spacial score (nSPS) is 23.2. The smallest absolute Gasteiger partial charge is 0.340 e. The number of ether oxygens (including phenoxy) is 1. The van der Waals surface area contributed by atoms with Crippen LogP contribution in [0.4, 0.5) is 11.4 Å². The fourth-order valence-corrected chi connectivity index (χ4v) is 2.99. The number of esters is 1. The van der Waals surface area contributed by atoms with Gasteiger partial charge in [-0.05, 0) is 45.2 Å². The quantitative estimate of drug-likeness (QED) is 0.657. The number of anilines is 2. The highest BCUT2D eigenvalue weighted by atomic mass is 16.5. The van der Waals surface area contributed by atoms with Crippen LogP contribution in [0.5, 0.6) is 0 Å². The Bertz CT molecular complexity index is 463.